The van der Waals surface area contributed by atoms with Crippen molar-refractivity contribution in [1.29, 1.82) is 0 Å². The van der Waals surface area contributed by atoms with Gasteiger partial charge in [0.15, 0.2) is 12.4 Å². The Kier molecular flexibility index (Phi) is 7.17. The van der Waals surface area contributed by atoms with Crippen molar-refractivity contribution in [3.05, 3.63) is 88.9 Å². The maximum atomic E-state index is 13.1. The number of esters is 1. The fourth-order valence-corrected chi connectivity index (χ4v) is 4.52. The molecule has 9 heteroatoms. The van der Waals surface area contributed by atoms with Crippen molar-refractivity contribution in [2.45, 2.75) is 4.90 Å². The van der Waals surface area contributed by atoms with Gasteiger partial charge in [0.25, 0.3) is 10.0 Å². The van der Waals surface area contributed by atoms with Gasteiger partial charge in [-0.05, 0) is 54.6 Å². The number of carbonyl (C=O) groups is 2. The van der Waals surface area contributed by atoms with Crippen LogP contribution in [0.25, 0.3) is 0 Å². The topological polar surface area (TPSA) is 90.0 Å². The van der Waals surface area contributed by atoms with Gasteiger partial charge < -0.3 is 9.47 Å². The lowest BCUT2D eigenvalue weighted by atomic mass is 10.1. The number of anilines is 1. The first-order chi connectivity index (χ1) is 15.2. The van der Waals surface area contributed by atoms with Gasteiger partial charge in [0.2, 0.25) is 0 Å². The van der Waals surface area contributed by atoms with Crippen LogP contribution in [0.5, 0.6) is 5.75 Å². The van der Waals surface area contributed by atoms with E-state index in [1.165, 1.54) is 26.3 Å². The minimum absolute atomic E-state index is 0.0429. The zero-order valence-electron chi connectivity index (χ0n) is 17.3. The lowest BCUT2D eigenvalue weighted by Gasteiger charge is -2.20. The summed E-state index contributed by atoms with van der Waals surface area (Å²) in [7, 11) is -1.15. The number of Topliss-reactive ketones (excluding diaryl/α,β-unsaturated/α-hetero) is 1. The van der Waals surface area contributed by atoms with E-state index in [1.807, 2.05) is 0 Å². The van der Waals surface area contributed by atoms with Gasteiger partial charge >= 0.3 is 5.97 Å². The minimum Gasteiger partial charge on any atom is -0.497 e. The molecule has 0 bridgehead atoms. The summed E-state index contributed by atoms with van der Waals surface area (Å²) in [4.78, 5) is 24.5. The second-order valence-corrected chi connectivity index (χ2v) is 9.03. The number of ether oxygens (including phenoxy) is 2. The Morgan fingerprint density at radius 1 is 0.938 bits per heavy atom. The molecule has 0 unspecified atom stereocenters. The number of carbonyl (C=O) groups excluding carboxylic acids is 2. The standard InChI is InChI=1S/C23H20ClNO6S/c1-25(18-6-4-3-5-7-18)32(28,29)22-14-17(10-13-20(22)24)23(27)31-15-21(26)16-8-11-19(30-2)12-9-16/h3-14H,15H2,1-2H3. The smallest absolute Gasteiger partial charge is 0.338 e. The molecule has 0 radical (unpaired) electrons. The van der Waals surface area contributed by atoms with E-state index in [9.17, 15) is 18.0 Å². The van der Waals surface area contributed by atoms with E-state index in [-0.39, 0.29) is 15.5 Å². The van der Waals surface area contributed by atoms with E-state index in [1.54, 1.807) is 54.6 Å². The highest BCUT2D eigenvalue weighted by atomic mass is 35.5. The van der Waals surface area contributed by atoms with Crippen molar-refractivity contribution in [2.24, 2.45) is 0 Å². The lowest BCUT2D eigenvalue weighted by Crippen LogP contribution is -2.27. The summed E-state index contributed by atoms with van der Waals surface area (Å²) in [6.07, 6.45) is 0. The Balaban J connectivity index is 1.77. The van der Waals surface area contributed by atoms with Crippen molar-refractivity contribution in [3.8, 4) is 5.75 Å². The van der Waals surface area contributed by atoms with Gasteiger partial charge in [-0.15, -0.1) is 0 Å². The maximum absolute atomic E-state index is 13.1. The van der Waals surface area contributed by atoms with Crippen molar-refractivity contribution >= 4 is 39.1 Å². The van der Waals surface area contributed by atoms with Crippen LogP contribution < -0.4 is 9.04 Å². The van der Waals surface area contributed by atoms with E-state index < -0.39 is 28.4 Å². The highest BCUT2D eigenvalue weighted by molar-refractivity contribution is 7.93. The number of ketones is 1. The van der Waals surface area contributed by atoms with Crippen LogP contribution in [0.3, 0.4) is 0 Å². The molecule has 0 aliphatic rings. The zero-order valence-corrected chi connectivity index (χ0v) is 18.9. The molecule has 3 aromatic rings. The summed E-state index contributed by atoms with van der Waals surface area (Å²) in [6.45, 7) is -0.500. The summed E-state index contributed by atoms with van der Waals surface area (Å²) in [5.41, 5.74) is 0.737. The van der Waals surface area contributed by atoms with Crippen LogP contribution in [-0.2, 0) is 14.8 Å². The van der Waals surface area contributed by atoms with Gasteiger partial charge in [0.1, 0.15) is 10.6 Å². The van der Waals surface area contributed by atoms with Crippen molar-refractivity contribution in [3.63, 3.8) is 0 Å². The Morgan fingerprint density at radius 2 is 1.56 bits per heavy atom. The van der Waals surface area contributed by atoms with Gasteiger partial charge in [-0.2, -0.15) is 0 Å². The third-order valence-corrected chi connectivity index (χ3v) is 6.94. The van der Waals surface area contributed by atoms with E-state index >= 15 is 0 Å². The van der Waals surface area contributed by atoms with Crippen molar-refractivity contribution in [1.82, 2.24) is 0 Å². The Hall–Kier alpha value is -3.36. The largest absolute Gasteiger partial charge is 0.497 e. The summed E-state index contributed by atoms with van der Waals surface area (Å²) in [6, 6.07) is 18.6. The molecule has 7 nitrogen and oxygen atoms in total. The molecule has 0 fully saturated rings. The summed E-state index contributed by atoms with van der Waals surface area (Å²) >= 11 is 6.13. The Bertz CT molecular complexity index is 1230. The maximum Gasteiger partial charge on any atom is 0.338 e. The molecule has 0 saturated heterocycles. The molecule has 0 aromatic heterocycles. The molecule has 32 heavy (non-hydrogen) atoms. The highest BCUT2D eigenvalue weighted by Crippen LogP contribution is 2.28. The second kappa shape index (κ2) is 9.84. The number of rotatable bonds is 8. The first-order valence-electron chi connectivity index (χ1n) is 9.42. The molecule has 0 amide bonds. The molecule has 0 spiro atoms. The zero-order chi connectivity index (χ0) is 23.3. The van der Waals surface area contributed by atoms with E-state index in [4.69, 9.17) is 21.1 Å². The summed E-state index contributed by atoms with van der Waals surface area (Å²) < 4.78 is 37.3. The van der Waals surface area contributed by atoms with Crippen LogP contribution >= 0.6 is 11.6 Å². The average molecular weight is 474 g/mol. The minimum atomic E-state index is -4.04. The van der Waals surface area contributed by atoms with Gasteiger partial charge in [0, 0.05) is 12.6 Å². The summed E-state index contributed by atoms with van der Waals surface area (Å²) in [5, 5.41) is -0.0429. The van der Waals surface area contributed by atoms with Gasteiger partial charge in [0.05, 0.1) is 23.4 Å². The molecular formula is C23H20ClNO6S. The Labute approximate surface area is 191 Å². The molecule has 0 aliphatic heterocycles. The number of sulfonamides is 1. The van der Waals surface area contributed by atoms with E-state index in [0.717, 1.165) is 10.4 Å². The molecule has 0 saturated carbocycles. The third kappa shape index (κ3) is 5.09. The predicted octanol–water partition coefficient (Wildman–Crippen LogP) is 4.21. The molecule has 0 heterocycles. The molecule has 0 N–H and O–H groups in total. The molecule has 0 atom stereocenters. The average Bonchev–Trinajstić information content (AvgIpc) is 2.82. The summed E-state index contributed by atoms with van der Waals surface area (Å²) in [5.74, 6) is -0.664. The van der Waals surface area contributed by atoms with Crippen molar-refractivity contribution in [2.75, 3.05) is 25.1 Å². The number of nitrogens with zero attached hydrogens (tertiary/aromatic N) is 1. The number of hydrogen-bond donors (Lipinski definition) is 0. The Morgan fingerprint density at radius 3 is 2.19 bits per heavy atom. The second-order valence-electron chi connectivity index (χ2n) is 6.68. The fourth-order valence-electron chi connectivity index (χ4n) is 2.83. The number of benzene rings is 3. The quantitative estimate of drug-likeness (QED) is 0.359. The van der Waals surface area contributed by atoms with Crippen LogP contribution in [0.1, 0.15) is 20.7 Å². The first-order valence-corrected chi connectivity index (χ1v) is 11.2. The van der Waals surface area contributed by atoms with E-state index in [2.05, 4.69) is 0 Å². The SMILES string of the molecule is COc1ccc(C(=O)COC(=O)c2ccc(Cl)c(S(=O)(=O)N(C)c3ccccc3)c2)cc1. The normalized spacial score (nSPS) is 11.0. The number of methoxy groups -OCH3 is 1. The lowest BCUT2D eigenvalue weighted by molar-refractivity contribution is 0.0474. The highest BCUT2D eigenvalue weighted by Gasteiger charge is 2.26. The molecule has 166 valence electrons. The van der Waals surface area contributed by atoms with Crippen molar-refractivity contribution < 1.29 is 27.5 Å². The van der Waals surface area contributed by atoms with Crippen LogP contribution in [0.2, 0.25) is 5.02 Å². The molecule has 3 aromatic carbocycles. The molecule has 3 rings (SSSR count). The first kappa shape index (κ1) is 23.3. The monoisotopic (exact) mass is 473 g/mol. The van der Waals surface area contributed by atoms with Gasteiger partial charge in [-0.25, -0.2) is 13.2 Å². The molecular weight excluding hydrogens is 454 g/mol. The molecule has 0 aliphatic carbocycles. The van der Waals surface area contributed by atoms with Crippen LogP contribution in [-0.4, -0.2) is 40.9 Å². The number of para-hydroxylation sites is 1. The predicted molar refractivity (Wildman–Crippen MR) is 121 cm³/mol. The number of hydrogen-bond acceptors (Lipinski definition) is 6. The van der Waals surface area contributed by atoms with Gasteiger partial charge in [-0.3, -0.25) is 9.10 Å². The van der Waals surface area contributed by atoms with Gasteiger partial charge in [-0.1, -0.05) is 29.8 Å². The fraction of sp³-hybridized carbons (Fsp3) is 0.130. The van der Waals surface area contributed by atoms with E-state index in [0.29, 0.717) is 17.0 Å². The third-order valence-electron chi connectivity index (χ3n) is 4.67. The van der Waals surface area contributed by atoms with Crippen LogP contribution in [0.15, 0.2) is 77.7 Å². The van der Waals surface area contributed by atoms with Crippen LogP contribution in [0.4, 0.5) is 5.69 Å². The number of halogens is 1. The van der Waals surface area contributed by atoms with Crippen LogP contribution in [0, 0.1) is 0 Å².